The van der Waals surface area contributed by atoms with Crippen LogP contribution in [0.1, 0.15) is 99.1 Å². The first-order valence-electron chi connectivity index (χ1n) is 27.2. The molecule has 0 aliphatic carbocycles. The molecule has 0 spiro atoms. The number of aromatic nitrogens is 10. The molecular formula is C62H68F2N10O6. The van der Waals surface area contributed by atoms with E-state index in [4.69, 9.17) is 28.9 Å². The molecule has 8 heterocycles. The zero-order valence-electron chi connectivity index (χ0n) is 47.0. The third-order valence-corrected chi connectivity index (χ3v) is 16.3. The maximum Gasteiger partial charge on any atom is 0.132 e. The fourth-order valence-corrected chi connectivity index (χ4v) is 12.2. The lowest BCUT2D eigenvalue weighted by atomic mass is 9.86. The van der Waals surface area contributed by atoms with E-state index in [1.807, 2.05) is 101 Å². The number of benzene rings is 4. The Kier molecular flexibility index (Phi) is 14.6. The summed E-state index contributed by atoms with van der Waals surface area (Å²) in [5.74, 6) is 0.541. The molecule has 2 aliphatic heterocycles. The number of ether oxygens (including phenoxy) is 4. The van der Waals surface area contributed by atoms with Crippen LogP contribution < -0.4 is 9.47 Å². The Balaban J connectivity index is 0.000000169. The average molecular weight is 1090 g/mol. The molecule has 10 aromatic rings. The summed E-state index contributed by atoms with van der Waals surface area (Å²) in [6, 6.07) is 25.7. The molecule has 2 N–H and O–H groups in total. The van der Waals surface area contributed by atoms with Crippen molar-refractivity contribution in [1.82, 2.24) is 49.1 Å². The van der Waals surface area contributed by atoms with Crippen LogP contribution in [0.25, 0.3) is 66.4 Å². The van der Waals surface area contributed by atoms with E-state index in [1.165, 1.54) is 26.4 Å². The molecule has 416 valence electrons. The van der Waals surface area contributed by atoms with E-state index in [2.05, 4.69) is 41.9 Å². The van der Waals surface area contributed by atoms with Crippen LogP contribution in [-0.4, -0.2) is 100.0 Å². The van der Waals surface area contributed by atoms with Gasteiger partial charge in [0.2, 0.25) is 0 Å². The molecule has 16 nitrogen and oxygen atoms in total. The van der Waals surface area contributed by atoms with Crippen molar-refractivity contribution in [2.45, 2.75) is 90.5 Å². The lowest BCUT2D eigenvalue weighted by molar-refractivity contribution is 0.0547. The molecule has 0 bridgehead atoms. The van der Waals surface area contributed by atoms with Crippen LogP contribution in [0.2, 0.25) is 0 Å². The Hall–Kier alpha value is -7.64. The normalized spacial score (nSPS) is 15.7. The highest BCUT2D eigenvalue weighted by Gasteiger charge is 2.35. The van der Waals surface area contributed by atoms with Gasteiger partial charge in [0.1, 0.15) is 23.1 Å². The predicted octanol–water partition coefficient (Wildman–Crippen LogP) is 11.4. The van der Waals surface area contributed by atoms with E-state index in [0.717, 1.165) is 115 Å². The summed E-state index contributed by atoms with van der Waals surface area (Å²) >= 11 is 0. The smallest absolute Gasteiger partial charge is 0.132 e. The van der Waals surface area contributed by atoms with Crippen LogP contribution in [0.15, 0.2) is 97.3 Å². The number of hydrogen-bond donors (Lipinski definition) is 2. The lowest BCUT2D eigenvalue weighted by Crippen LogP contribution is -2.27. The largest absolute Gasteiger partial charge is 0.497 e. The van der Waals surface area contributed by atoms with Crippen molar-refractivity contribution in [3.63, 3.8) is 0 Å². The number of nitrogens with zero attached hydrogens (tertiary/aromatic N) is 10. The second-order valence-electron chi connectivity index (χ2n) is 22.4. The van der Waals surface area contributed by atoms with Crippen LogP contribution >= 0.6 is 0 Å². The molecule has 0 amide bonds. The summed E-state index contributed by atoms with van der Waals surface area (Å²) < 4.78 is 61.8. The van der Waals surface area contributed by atoms with Gasteiger partial charge in [0, 0.05) is 98.1 Å². The topological polar surface area (TPSA) is 174 Å². The van der Waals surface area contributed by atoms with Gasteiger partial charge in [0.25, 0.3) is 0 Å². The van der Waals surface area contributed by atoms with E-state index in [-0.39, 0.29) is 35.6 Å². The summed E-state index contributed by atoms with van der Waals surface area (Å²) in [6.45, 7) is 13.4. The lowest BCUT2D eigenvalue weighted by Gasteiger charge is -2.33. The summed E-state index contributed by atoms with van der Waals surface area (Å²) in [4.78, 5) is 9.88. The fourth-order valence-electron chi connectivity index (χ4n) is 12.2. The van der Waals surface area contributed by atoms with Crippen molar-refractivity contribution in [3.8, 4) is 34.0 Å². The number of aliphatic hydroxyl groups is 2. The monoisotopic (exact) mass is 1090 g/mol. The standard InChI is InChI=1S/2C31H34FN5O3/c2*1-18-29(36(4)35-34-18)20-14-27-28(33-17-20)24-8-6-21(31(2,3)38)15-26(24)37(27)30(19-10-12-40-13-11-19)23-9-7-22(39-5)16-25(23)32/h2*6-9,14-17,19,30,38H,10-13H2,1-5H3. The Labute approximate surface area is 462 Å². The molecule has 2 aliphatic rings. The first kappa shape index (κ1) is 54.3. The van der Waals surface area contributed by atoms with Crippen molar-refractivity contribution in [2.24, 2.45) is 25.9 Å². The highest BCUT2D eigenvalue weighted by molar-refractivity contribution is 6.08. The maximum atomic E-state index is 15.9. The quantitative estimate of drug-likeness (QED) is 0.119. The molecule has 2 saturated heterocycles. The summed E-state index contributed by atoms with van der Waals surface area (Å²) in [7, 11) is 6.81. The number of methoxy groups -OCH3 is 2. The molecule has 12 rings (SSSR count). The molecule has 4 aromatic carbocycles. The zero-order valence-corrected chi connectivity index (χ0v) is 47.0. The van der Waals surface area contributed by atoms with Crippen LogP contribution in [0, 0.1) is 37.3 Å². The van der Waals surface area contributed by atoms with E-state index in [9.17, 15) is 10.2 Å². The Bertz CT molecular complexity index is 3640. The van der Waals surface area contributed by atoms with E-state index >= 15 is 8.78 Å². The molecule has 6 aromatic heterocycles. The molecule has 2 fully saturated rings. The third kappa shape index (κ3) is 9.96. The van der Waals surface area contributed by atoms with Crippen LogP contribution in [-0.2, 0) is 34.8 Å². The van der Waals surface area contributed by atoms with Crippen molar-refractivity contribution in [3.05, 3.63) is 143 Å². The Morgan fingerprint density at radius 2 is 0.938 bits per heavy atom. The highest BCUT2D eigenvalue weighted by Crippen LogP contribution is 2.46. The molecule has 80 heavy (non-hydrogen) atoms. The Morgan fingerprint density at radius 1 is 0.550 bits per heavy atom. The fraction of sp³-hybridized carbons (Fsp3) is 0.387. The summed E-state index contributed by atoms with van der Waals surface area (Å²) in [5.41, 5.74) is 10.9. The van der Waals surface area contributed by atoms with E-state index < -0.39 is 11.2 Å². The summed E-state index contributed by atoms with van der Waals surface area (Å²) in [6.07, 6.45) is 6.86. The van der Waals surface area contributed by atoms with Gasteiger partial charge in [-0.05, 0) is 127 Å². The van der Waals surface area contributed by atoms with Crippen LogP contribution in [0.3, 0.4) is 0 Å². The predicted molar refractivity (Wildman–Crippen MR) is 304 cm³/mol. The third-order valence-electron chi connectivity index (χ3n) is 16.3. The molecular weight excluding hydrogens is 1020 g/mol. The van der Waals surface area contributed by atoms with Gasteiger partial charge in [-0.25, -0.2) is 18.1 Å². The molecule has 0 radical (unpaired) electrons. The molecule has 2 unspecified atom stereocenters. The molecule has 18 heteroatoms. The summed E-state index contributed by atoms with van der Waals surface area (Å²) in [5, 5.41) is 40.6. The number of fused-ring (bicyclic) bond motifs is 6. The van der Waals surface area contributed by atoms with Gasteiger partial charge in [-0.15, -0.1) is 10.2 Å². The minimum atomic E-state index is -1.05. The van der Waals surface area contributed by atoms with Gasteiger partial charge in [0.05, 0.1) is 93.4 Å². The SMILES string of the molecule is COc1ccc(C(C2CCOCC2)n2c3cc(C(C)(C)O)ccc3c3ncc(-c4c(C)nnn4C)cc32)c(F)c1.COc1ccc(C(C2CCOCC2)n2c3cc(C(C)(C)O)ccc3c3ncc(-c4c(C)nnn4C)cc32)c(F)c1. The first-order valence-corrected chi connectivity index (χ1v) is 27.2. The van der Waals surface area contributed by atoms with Crippen molar-refractivity contribution < 1.29 is 37.9 Å². The first-order chi connectivity index (χ1) is 38.3. The van der Waals surface area contributed by atoms with Crippen molar-refractivity contribution in [2.75, 3.05) is 40.6 Å². The Morgan fingerprint density at radius 3 is 1.26 bits per heavy atom. The average Bonchev–Trinajstić information content (AvgIpc) is 4.18. The van der Waals surface area contributed by atoms with Gasteiger partial charge in [0.15, 0.2) is 0 Å². The van der Waals surface area contributed by atoms with E-state index in [0.29, 0.717) is 49.1 Å². The minimum Gasteiger partial charge on any atom is -0.497 e. The molecule has 2 atom stereocenters. The van der Waals surface area contributed by atoms with Gasteiger partial charge in [-0.1, -0.05) is 46.8 Å². The number of pyridine rings is 2. The number of aryl methyl sites for hydroxylation is 4. The van der Waals surface area contributed by atoms with Crippen LogP contribution in [0.5, 0.6) is 11.5 Å². The van der Waals surface area contributed by atoms with Gasteiger partial charge in [-0.2, -0.15) is 0 Å². The highest BCUT2D eigenvalue weighted by atomic mass is 19.1. The zero-order chi connectivity index (χ0) is 56.4. The number of hydrogen-bond acceptors (Lipinski definition) is 12. The maximum absolute atomic E-state index is 15.9. The van der Waals surface area contributed by atoms with E-state index in [1.54, 1.807) is 37.1 Å². The van der Waals surface area contributed by atoms with Gasteiger partial charge >= 0.3 is 0 Å². The number of rotatable bonds is 12. The second-order valence-corrected chi connectivity index (χ2v) is 22.4. The number of halogens is 2. The van der Waals surface area contributed by atoms with Crippen molar-refractivity contribution in [1.29, 1.82) is 0 Å². The second kappa shape index (κ2) is 21.4. The molecule has 0 saturated carbocycles. The van der Waals surface area contributed by atoms with Crippen molar-refractivity contribution >= 4 is 43.9 Å². The van der Waals surface area contributed by atoms with Gasteiger partial charge < -0.3 is 38.3 Å². The minimum absolute atomic E-state index is 0.116. The van der Waals surface area contributed by atoms with Gasteiger partial charge in [-0.3, -0.25) is 9.97 Å². The van der Waals surface area contributed by atoms with Crippen LogP contribution in [0.4, 0.5) is 8.78 Å².